The minimum Gasteiger partial charge on any atom is -0.432 e. The van der Waals surface area contributed by atoms with Gasteiger partial charge in [0.05, 0.1) is 13.9 Å². The van der Waals surface area contributed by atoms with Gasteiger partial charge in [0, 0.05) is 20.1 Å². The van der Waals surface area contributed by atoms with Gasteiger partial charge in [-0.1, -0.05) is 65.5 Å². The van der Waals surface area contributed by atoms with E-state index in [0.29, 0.717) is 17.8 Å². The molecule has 0 amide bonds. The van der Waals surface area contributed by atoms with Gasteiger partial charge in [0.15, 0.2) is 5.96 Å². The first-order chi connectivity index (χ1) is 12.3. The van der Waals surface area contributed by atoms with Crippen molar-refractivity contribution in [3.8, 4) is 0 Å². The highest BCUT2D eigenvalue weighted by atomic mass is 28.3. The fourth-order valence-corrected chi connectivity index (χ4v) is 3.43. The topological polar surface area (TPSA) is 45.3 Å². The van der Waals surface area contributed by atoms with Crippen molar-refractivity contribution in [3.63, 3.8) is 0 Å². The minimum atomic E-state index is -1.66. The average molecular weight is 389 g/mol. The van der Waals surface area contributed by atoms with Crippen LogP contribution in [-0.4, -0.2) is 58.1 Å². The first-order valence-corrected chi connectivity index (χ1v) is 13.2. The van der Waals surface area contributed by atoms with E-state index in [9.17, 15) is 0 Å². The van der Waals surface area contributed by atoms with Gasteiger partial charge >= 0.3 is 0 Å². The maximum Gasteiger partial charge on any atom is 0.153 e. The molecule has 0 spiro atoms. The molecule has 1 rings (SSSR count). The van der Waals surface area contributed by atoms with Crippen molar-refractivity contribution in [1.29, 1.82) is 0 Å². The van der Waals surface area contributed by atoms with Crippen molar-refractivity contribution < 1.29 is 0 Å². The molecule has 0 unspecified atom stereocenters. The lowest BCUT2D eigenvalue weighted by atomic mass is 9.93. The number of benzene rings is 1. The molecule has 5 nitrogen and oxygen atoms in total. The highest BCUT2D eigenvalue weighted by Crippen LogP contribution is 2.35. The standard InChI is InChI=1S/C21H38N5Si/c1-15(2)17-13-12-14-18(16(3)4)19(17)22-20(25(5)6)23-21(26(7)8)24-27(9,10)11/h12-16H,1-11H3/q-1. The number of nitrogens with zero attached hydrogens (tertiary/aromatic N) is 5. The van der Waals surface area contributed by atoms with Crippen LogP contribution < -0.4 is 0 Å². The van der Waals surface area contributed by atoms with E-state index < -0.39 is 8.24 Å². The summed E-state index contributed by atoms with van der Waals surface area (Å²) in [4.78, 5) is 18.7. The van der Waals surface area contributed by atoms with Crippen LogP contribution in [0.25, 0.3) is 4.98 Å². The number of guanidine groups is 2. The van der Waals surface area contributed by atoms with Gasteiger partial charge in [-0.05, 0) is 37.1 Å². The Bertz CT molecular complexity index is 656. The van der Waals surface area contributed by atoms with Gasteiger partial charge in [-0.2, -0.15) is 0 Å². The molecule has 6 heteroatoms. The van der Waals surface area contributed by atoms with E-state index in [1.807, 2.05) is 38.0 Å². The minimum absolute atomic E-state index is 0.398. The normalized spacial score (nSPS) is 13.4. The third kappa shape index (κ3) is 7.01. The summed E-state index contributed by atoms with van der Waals surface area (Å²) in [5.74, 6) is 2.20. The Kier molecular flexibility index (Phi) is 8.08. The molecule has 0 heterocycles. The van der Waals surface area contributed by atoms with Gasteiger partial charge in [0.2, 0.25) is 0 Å². The Hall–Kier alpha value is -1.82. The van der Waals surface area contributed by atoms with Gasteiger partial charge in [-0.25, -0.2) is 4.99 Å². The van der Waals surface area contributed by atoms with Gasteiger partial charge in [0.1, 0.15) is 0 Å². The summed E-state index contributed by atoms with van der Waals surface area (Å²) >= 11 is 0. The Morgan fingerprint density at radius 1 is 0.889 bits per heavy atom. The lowest BCUT2D eigenvalue weighted by Crippen LogP contribution is -2.33. The molecular formula is C21H38N5Si-. The van der Waals surface area contributed by atoms with Crippen molar-refractivity contribution in [3.05, 3.63) is 34.3 Å². The number of hydrogen-bond donors (Lipinski definition) is 0. The zero-order chi connectivity index (χ0) is 20.9. The van der Waals surface area contributed by atoms with Crippen LogP contribution >= 0.6 is 0 Å². The van der Waals surface area contributed by atoms with Crippen LogP contribution in [0.5, 0.6) is 0 Å². The summed E-state index contributed by atoms with van der Waals surface area (Å²) in [5.41, 5.74) is 3.55. The van der Waals surface area contributed by atoms with E-state index in [1.165, 1.54) is 11.1 Å². The van der Waals surface area contributed by atoms with Crippen molar-refractivity contribution in [2.45, 2.75) is 59.2 Å². The Morgan fingerprint density at radius 2 is 1.37 bits per heavy atom. The van der Waals surface area contributed by atoms with E-state index in [2.05, 4.69) is 65.5 Å². The zero-order valence-corrected chi connectivity index (χ0v) is 20.1. The molecule has 0 saturated heterocycles. The lowest BCUT2D eigenvalue weighted by molar-refractivity contribution is 0.600. The molecule has 0 fully saturated rings. The molecule has 0 aliphatic heterocycles. The number of hydrogen-bond acceptors (Lipinski definition) is 1. The summed E-state index contributed by atoms with van der Waals surface area (Å²) in [6, 6.07) is 6.48. The van der Waals surface area contributed by atoms with E-state index in [1.54, 1.807) is 0 Å². The summed E-state index contributed by atoms with van der Waals surface area (Å²) < 4.78 is 0. The number of para-hydroxylation sites is 1. The molecule has 0 aliphatic rings. The molecule has 0 atom stereocenters. The maximum absolute atomic E-state index is 5.04. The zero-order valence-electron chi connectivity index (χ0n) is 19.1. The van der Waals surface area contributed by atoms with Crippen LogP contribution in [0.1, 0.15) is 50.7 Å². The second-order valence-electron chi connectivity index (χ2n) is 8.99. The first kappa shape index (κ1) is 23.2. The Balaban J connectivity index is 3.61. The smallest absolute Gasteiger partial charge is 0.153 e. The summed E-state index contributed by atoms with van der Waals surface area (Å²) in [5, 5.41) is 0. The third-order valence-electron chi connectivity index (χ3n) is 3.99. The molecule has 0 aliphatic carbocycles. The van der Waals surface area contributed by atoms with E-state index in [-0.39, 0.29) is 0 Å². The van der Waals surface area contributed by atoms with Crippen LogP contribution in [0.3, 0.4) is 0 Å². The van der Waals surface area contributed by atoms with Gasteiger partial charge < -0.3 is 19.8 Å². The lowest BCUT2D eigenvalue weighted by Gasteiger charge is -2.34. The van der Waals surface area contributed by atoms with Crippen molar-refractivity contribution >= 4 is 25.8 Å². The molecule has 1 aromatic rings. The molecule has 0 saturated carbocycles. The molecule has 0 aromatic heterocycles. The van der Waals surface area contributed by atoms with Crippen molar-refractivity contribution in [2.75, 3.05) is 28.2 Å². The van der Waals surface area contributed by atoms with Crippen molar-refractivity contribution in [2.24, 2.45) is 9.98 Å². The van der Waals surface area contributed by atoms with Crippen LogP contribution in [-0.2, 0) is 0 Å². The highest BCUT2D eigenvalue weighted by molar-refractivity contribution is 6.84. The fourth-order valence-electron chi connectivity index (χ4n) is 2.58. The molecule has 0 N–H and O–H groups in total. The average Bonchev–Trinajstić information content (AvgIpc) is 2.51. The van der Waals surface area contributed by atoms with Crippen molar-refractivity contribution in [1.82, 2.24) is 9.80 Å². The maximum atomic E-state index is 5.04. The third-order valence-corrected chi connectivity index (χ3v) is 4.86. The van der Waals surface area contributed by atoms with Crippen LogP contribution in [0.4, 0.5) is 5.69 Å². The Morgan fingerprint density at radius 3 is 1.70 bits per heavy atom. The monoisotopic (exact) mass is 388 g/mol. The number of aliphatic imine (C=N–C) groups is 2. The molecule has 152 valence electrons. The largest absolute Gasteiger partial charge is 0.432 e. The van der Waals surface area contributed by atoms with Gasteiger partial charge in [0.25, 0.3) is 0 Å². The van der Waals surface area contributed by atoms with E-state index in [4.69, 9.17) is 15.0 Å². The van der Waals surface area contributed by atoms with E-state index in [0.717, 1.165) is 11.6 Å². The second kappa shape index (κ2) is 9.40. The summed E-state index contributed by atoms with van der Waals surface area (Å²) in [6.45, 7) is 15.5. The highest BCUT2D eigenvalue weighted by Gasteiger charge is 2.15. The summed E-state index contributed by atoms with van der Waals surface area (Å²) in [6.07, 6.45) is 0. The summed E-state index contributed by atoms with van der Waals surface area (Å²) in [7, 11) is 6.28. The molecular weight excluding hydrogens is 350 g/mol. The molecule has 0 bridgehead atoms. The fraction of sp³-hybridized carbons (Fsp3) is 0.619. The van der Waals surface area contributed by atoms with E-state index >= 15 is 0 Å². The van der Waals surface area contributed by atoms with Gasteiger partial charge in [-0.3, -0.25) is 0 Å². The SMILES string of the molecule is CC(C)c1cccc(C(C)C)c1N=C(/N=C(\[N-][Si](C)(C)C)N(C)C)N(C)C. The Labute approximate surface area is 167 Å². The van der Waals surface area contributed by atoms with Crippen LogP contribution in [0.15, 0.2) is 28.2 Å². The quantitative estimate of drug-likeness (QED) is 0.382. The molecule has 1 aromatic carbocycles. The molecule has 27 heavy (non-hydrogen) atoms. The predicted molar refractivity (Wildman–Crippen MR) is 123 cm³/mol. The second-order valence-corrected chi connectivity index (χ2v) is 13.6. The molecule has 0 radical (unpaired) electrons. The first-order valence-electron chi connectivity index (χ1n) is 9.71. The van der Waals surface area contributed by atoms with Gasteiger partial charge in [-0.15, -0.1) is 0 Å². The predicted octanol–water partition coefficient (Wildman–Crippen LogP) is 5.61. The number of rotatable bonds is 4. The van der Waals surface area contributed by atoms with Crippen LogP contribution in [0.2, 0.25) is 19.6 Å². The van der Waals surface area contributed by atoms with Crippen LogP contribution in [0, 0.1) is 0 Å².